The molecule has 0 aliphatic rings. The minimum absolute atomic E-state index is 0.0869. The van der Waals surface area contributed by atoms with E-state index in [2.05, 4.69) is 0 Å². The van der Waals surface area contributed by atoms with E-state index in [9.17, 15) is 15.0 Å². The molecule has 0 aliphatic carbocycles. The molecule has 8 N–H and O–H groups in total. The van der Waals surface area contributed by atoms with Gasteiger partial charge in [-0.15, -0.1) is 0 Å². The smallest absolute Gasteiger partial charge is 0.151 e. The Kier molecular flexibility index (Phi) is 15.3. The maximum atomic E-state index is 9.76. The highest BCUT2D eigenvalue weighted by molar-refractivity contribution is 7.99. The molecule has 0 spiro atoms. The number of rotatable bonds is 10. The lowest BCUT2D eigenvalue weighted by molar-refractivity contribution is -0.127. The molecule has 0 saturated carbocycles. The average Bonchev–Trinajstić information content (AvgIpc) is 2.58. The van der Waals surface area contributed by atoms with Gasteiger partial charge in [-0.2, -0.15) is 11.8 Å². The van der Waals surface area contributed by atoms with Gasteiger partial charge in [-0.1, -0.05) is 13.8 Å². The van der Waals surface area contributed by atoms with Crippen LogP contribution in [-0.4, -0.2) is 108 Å². The second-order valence-electron chi connectivity index (χ2n) is 4.76. The van der Waals surface area contributed by atoms with Gasteiger partial charge in [-0.3, -0.25) is 0 Å². The van der Waals surface area contributed by atoms with Crippen molar-refractivity contribution in [3.63, 3.8) is 0 Å². The van der Waals surface area contributed by atoms with Crippen molar-refractivity contribution in [3.8, 4) is 0 Å². The normalized spacial score (nSPS) is 20.3. The van der Waals surface area contributed by atoms with Crippen molar-refractivity contribution in [2.45, 2.75) is 55.7 Å². The van der Waals surface area contributed by atoms with Crippen LogP contribution < -0.4 is 0 Å². The highest BCUT2D eigenvalue weighted by Crippen LogP contribution is 2.17. The third-order valence-corrected chi connectivity index (χ3v) is 4.05. The predicted molar refractivity (Wildman–Crippen MR) is 83.9 cm³/mol. The van der Waals surface area contributed by atoms with E-state index in [1.54, 1.807) is 6.92 Å². The van der Waals surface area contributed by atoms with Gasteiger partial charge in [0.2, 0.25) is 0 Å². The second-order valence-corrected chi connectivity index (χ2v) is 6.41. The van der Waals surface area contributed by atoms with Crippen LogP contribution in [0.3, 0.4) is 0 Å². The van der Waals surface area contributed by atoms with E-state index in [4.69, 9.17) is 30.6 Å². The maximum Gasteiger partial charge on any atom is 0.151 e. The lowest BCUT2D eigenvalue weighted by Crippen LogP contribution is -2.43. The number of hydrogen-bond acceptors (Lipinski definition) is 10. The zero-order chi connectivity index (χ0) is 18.6. The van der Waals surface area contributed by atoms with Crippen molar-refractivity contribution < 1.29 is 45.6 Å². The Morgan fingerprint density at radius 2 is 1.30 bits per heavy atom. The summed E-state index contributed by atoms with van der Waals surface area (Å²) in [6.07, 6.45) is -8.19. The van der Waals surface area contributed by atoms with Crippen LogP contribution in [0.5, 0.6) is 0 Å². The molecule has 0 heterocycles. The molecule has 10 heteroatoms. The zero-order valence-corrected chi connectivity index (χ0v) is 14.0. The molecule has 7 atom stereocenters. The van der Waals surface area contributed by atoms with Gasteiger partial charge >= 0.3 is 0 Å². The van der Waals surface area contributed by atoms with Crippen LogP contribution >= 0.6 is 11.8 Å². The molecule has 0 aromatic heterocycles. The third-order valence-electron chi connectivity index (χ3n) is 2.91. The van der Waals surface area contributed by atoms with E-state index < -0.39 is 49.8 Å². The summed E-state index contributed by atoms with van der Waals surface area (Å²) in [5.74, 6) is 0.833. The van der Waals surface area contributed by atoms with Crippen molar-refractivity contribution in [1.82, 2.24) is 0 Å². The fourth-order valence-electron chi connectivity index (χ4n) is 1.39. The summed E-state index contributed by atoms with van der Waals surface area (Å²) in [5, 5.41) is 70.3. The van der Waals surface area contributed by atoms with Crippen molar-refractivity contribution in [1.29, 1.82) is 0 Å². The SMILES string of the molecule is CCSC(C)[C@H](O)[C@@H](O)[C@@H](O)CO.O=C[C@H](O)[C@@H](O)[C@@H](O)CO. The lowest BCUT2D eigenvalue weighted by Gasteiger charge is -2.25. The third kappa shape index (κ3) is 10.2. The monoisotopic (exact) mass is 360 g/mol. The van der Waals surface area contributed by atoms with Gasteiger partial charge in [-0.25, -0.2) is 0 Å². The van der Waals surface area contributed by atoms with E-state index in [1.165, 1.54) is 11.8 Å². The molecule has 0 bridgehead atoms. The molecule has 0 radical (unpaired) electrons. The molecule has 23 heavy (non-hydrogen) atoms. The Hall–Kier alpha value is -0.300. The largest absolute Gasteiger partial charge is 0.394 e. The average molecular weight is 360 g/mol. The van der Waals surface area contributed by atoms with E-state index in [1.807, 2.05) is 6.92 Å². The van der Waals surface area contributed by atoms with Crippen LogP contribution in [0.25, 0.3) is 0 Å². The summed E-state index contributed by atoms with van der Waals surface area (Å²) in [6, 6.07) is 0. The van der Waals surface area contributed by atoms with Gasteiger partial charge in [0.25, 0.3) is 0 Å². The van der Waals surface area contributed by atoms with E-state index in [0.29, 0.717) is 0 Å². The first kappa shape index (κ1) is 24.9. The molecular formula is C13H28O9S. The van der Waals surface area contributed by atoms with Crippen LogP contribution in [0.2, 0.25) is 0 Å². The summed E-state index contributed by atoms with van der Waals surface area (Å²) < 4.78 is 0. The lowest BCUT2D eigenvalue weighted by atomic mass is 10.1. The van der Waals surface area contributed by atoms with Crippen LogP contribution in [-0.2, 0) is 4.79 Å². The first-order chi connectivity index (χ1) is 10.7. The number of aliphatic hydroxyl groups is 8. The maximum absolute atomic E-state index is 9.76. The predicted octanol–water partition coefficient (Wildman–Crippen LogP) is -3.54. The quantitative estimate of drug-likeness (QED) is 0.182. The Morgan fingerprint density at radius 3 is 1.65 bits per heavy atom. The molecular weight excluding hydrogens is 332 g/mol. The Bertz CT molecular complexity index is 295. The molecule has 1 unspecified atom stereocenters. The van der Waals surface area contributed by atoms with Gasteiger partial charge in [0.05, 0.1) is 19.3 Å². The second kappa shape index (κ2) is 14.1. The minimum atomic E-state index is -1.64. The first-order valence-electron chi connectivity index (χ1n) is 7.04. The summed E-state index contributed by atoms with van der Waals surface area (Å²) in [7, 11) is 0. The number of thioether (sulfide) groups is 1. The summed E-state index contributed by atoms with van der Waals surface area (Å²) in [5.41, 5.74) is 0. The zero-order valence-electron chi connectivity index (χ0n) is 13.1. The Labute approximate surface area is 139 Å². The van der Waals surface area contributed by atoms with Gasteiger partial charge in [0.1, 0.15) is 30.5 Å². The Morgan fingerprint density at radius 1 is 0.870 bits per heavy atom. The number of hydrogen-bond donors (Lipinski definition) is 8. The molecule has 0 saturated heterocycles. The van der Waals surface area contributed by atoms with Crippen molar-refractivity contribution in [3.05, 3.63) is 0 Å². The molecule has 140 valence electrons. The number of aldehydes is 1. The van der Waals surface area contributed by atoms with Crippen LogP contribution in [0.15, 0.2) is 0 Å². The number of aliphatic hydroxyl groups excluding tert-OH is 8. The molecule has 0 aliphatic heterocycles. The van der Waals surface area contributed by atoms with Crippen LogP contribution in [0, 0.1) is 0 Å². The van der Waals surface area contributed by atoms with E-state index >= 15 is 0 Å². The fourth-order valence-corrected chi connectivity index (χ4v) is 2.27. The molecule has 0 amide bonds. The van der Waals surface area contributed by atoms with Crippen molar-refractivity contribution in [2.75, 3.05) is 19.0 Å². The van der Waals surface area contributed by atoms with Crippen molar-refractivity contribution in [2.24, 2.45) is 0 Å². The first-order valence-corrected chi connectivity index (χ1v) is 8.09. The summed E-state index contributed by atoms with van der Waals surface area (Å²) >= 11 is 1.49. The van der Waals surface area contributed by atoms with Crippen molar-refractivity contribution >= 4 is 18.0 Å². The molecule has 0 aromatic carbocycles. The fraction of sp³-hybridized carbons (Fsp3) is 0.923. The van der Waals surface area contributed by atoms with Crippen LogP contribution in [0.4, 0.5) is 0 Å². The number of carbonyl (C=O) groups is 1. The van der Waals surface area contributed by atoms with E-state index in [-0.39, 0.29) is 11.5 Å². The molecule has 9 nitrogen and oxygen atoms in total. The van der Waals surface area contributed by atoms with Crippen LogP contribution in [0.1, 0.15) is 13.8 Å². The molecule has 0 rings (SSSR count). The number of carbonyl (C=O) groups excluding carboxylic acids is 1. The Balaban J connectivity index is 0. The van der Waals surface area contributed by atoms with Gasteiger partial charge in [0.15, 0.2) is 6.29 Å². The summed E-state index contributed by atoms with van der Waals surface area (Å²) in [4.78, 5) is 9.76. The van der Waals surface area contributed by atoms with Gasteiger partial charge in [-0.05, 0) is 5.75 Å². The standard InChI is InChI=1S/C8H18O4S.C5H10O5/c1-3-13-5(2)7(11)8(12)6(10)4-9;6-1-3(8)5(10)4(9)2-7/h5-12H,3-4H2,1-2H3;1,3-5,7-10H,2H2/t5?,6-,7-,8-;3-,4-,5+/m00/s1. The van der Waals surface area contributed by atoms with Gasteiger partial charge in [0, 0.05) is 5.25 Å². The highest BCUT2D eigenvalue weighted by atomic mass is 32.2. The summed E-state index contributed by atoms with van der Waals surface area (Å²) in [6.45, 7) is 2.49. The minimum Gasteiger partial charge on any atom is -0.394 e. The van der Waals surface area contributed by atoms with Gasteiger partial charge < -0.3 is 45.6 Å². The topological polar surface area (TPSA) is 179 Å². The van der Waals surface area contributed by atoms with E-state index in [0.717, 1.165) is 5.75 Å². The highest BCUT2D eigenvalue weighted by Gasteiger charge is 2.28. The molecule has 0 fully saturated rings. The molecule has 0 aromatic rings.